The number of carbonyl (C=O) groups is 2. The van der Waals surface area contributed by atoms with Gasteiger partial charge in [0.25, 0.3) is 5.91 Å². The predicted molar refractivity (Wildman–Crippen MR) is 91.6 cm³/mol. The maximum absolute atomic E-state index is 13.5. The van der Waals surface area contributed by atoms with Gasteiger partial charge in [-0.2, -0.15) is 0 Å². The lowest BCUT2D eigenvalue weighted by Gasteiger charge is -2.08. The summed E-state index contributed by atoms with van der Waals surface area (Å²) in [5, 5.41) is 0. The highest BCUT2D eigenvalue weighted by Crippen LogP contribution is 2.18. The van der Waals surface area contributed by atoms with Gasteiger partial charge in [-0.15, -0.1) is 11.8 Å². The number of thioether (sulfide) groups is 1. The van der Waals surface area contributed by atoms with E-state index in [1.54, 1.807) is 0 Å². The first-order valence-electron chi connectivity index (χ1n) is 6.69. The van der Waals surface area contributed by atoms with Crippen molar-refractivity contribution < 1.29 is 14.0 Å². The Hall–Kier alpha value is -1.86. The van der Waals surface area contributed by atoms with Crippen LogP contribution in [0, 0.1) is 12.7 Å². The predicted octanol–water partition coefficient (Wildman–Crippen LogP) is 3.45. The zero-order valence-corrected chi connectivity index (χ0v) is 14.6. The maximum Gasteiger partial charge on any atom is 0.272 e. The normalized spacial score (nSPS) is 10.2. The molecule has 2 aromatic rings. The van der Waals surface area contributed by atoms with Crippen LogP contribution < -0.4 is 10.9 Å². The van der Waals surface area contributed by atoms with E-state index >= 15 is 0 Å². The molecule has 0 atom stereocenters. The average Bonchev–Trinajstić information content (AvgIpc) is 2.54. The van der Waals surface area contributed by atoms with Crippen LogP contribution in [0.2, 0.25) is 0 Å². The third kappa shape index (κ3) is 5.37. The Labute approximate surface area is 145 Å². The Morgan fingerprint density at radius 3 is 2.52 bits per heavy atom. The molecule has 0 heterocycles. The molecule has 0 unspecified atom stereocenters. The van der Waals surface area contributed by atoms with Crippen molar-refractivity contribution in [2.24, 2.45) is 0 Å². The van der Waals surface area contributed by atoms with E-state index in [1.165, 1.54) is 30.0 Å². The van der Waals surface area contributed by atoms with Gasteiger partial charge in [-0.25, -0.2) is 4.39 Å². The first-order valence-corrected chi connectivity index (χ1v) is 8.47. The highest BCUT2D eigenvalue weighted by molar-refractivity contribution is 9.10. The number of hydrogen-bond donors (Lipinski definition) is 2. The van der Waals surface area contributed by atoms with Crippen LogP contribution in [0.15, 0.2) is 51.8 Å². The Morgan fingerprint density at radius 2 is 1.83 bits per heavy atom. The third-order valence-corrected chi connectivity index (χ3v) is 4.38. The van der Waals surface area contributed by atoms with Crippen molar-refractivity contribution >= 4 is 39.5 Å². The van der Waals surface area contributed by atoms with Crippen molar-refractivity contribution in [3.05, 3.63) is 63.9 Å². The Morgan fingerprint density at radius 1 is 1.13 bits per heavy atom. The molecule has 0 bridgehead atoms. The molecule has 2 amide bonds. The van der Waals surface area contributed by atoms with Crippen LogP contribution in [0.3, 0.4) is 0 Å². The number of benzene rings is 2. The minimum atomic E-state index is -0.711. The van der Waals surface area contributed by atoms with Crippen molar-refractivity contribution in [3.63, 3.8) is 0 Å². The second-order valence-electron chi connectivity index (χ2n) is 4.73. The van der Waals surface area contributed by atoms with E-state index in [4.69, 9.17) is 0 Å². The highest BCUT2D eigenvalue weighted by atomic mass is 79.9. The number of halogens is 2. The van der Waals surface area contributed by atoms with Crippen molar-refractivity contribution in [2.75, 3.05) is 5.75 Å². The molecule has 2 aromatic carbocycles. The second-order valence-corrected chi connectivity index (χ2v) is 6.69. The summed E-state index contributed by atoms with van der Waals surface area (Å²) in [6, 6.07) is 11.8. The van der Waals surface area contributed by atoms with Gasteiger partial charge >= 0.3 is 0 Å². The number of carbonyl (C=O) groups excluding carboxylic acids is 2. The summed E-state index contributed by atoms with van der Waals surface area (Å²) < 4.78 is 14.1. The van der Waals surface area contributed by atoms with Gasteiger partial charge in [0.1, 0.15) is 5.82 Å². The lowest BCUT2D eigenvalue weighted by molar-refractivity contribution is -0.119. The standard InChI is InChI=1S/C16H14BrFN2O2S/c1-10-2-5-12(6-3-10)23-9-15(21)19-20-16(22)13-8-11(17)4-7-14(13)18/h2-8H,9H2,1H3,(H,19,21)(H,20,22). The molecular weight excluding hydrogens is 383 g/mol. The van der Waals surface area contributed by atoms with Crippen molar-refractivity contribution in [2.45, 2.75) is 11.8 Å². The molecule has 0 radical (unpaired) electrons. The highest BCUT2D eigenvalue weighted by Gasteiger charge is 2.13. The lowest BCUT2D eigenvalue weighted by Crippen LogP contribution is -2.42. The van der Waals surface area contributed by atoms with Gasteiger partial charge in [0.2, 0.25) is 5.91 Å². The van der Waals surface area contributed by atoms with Crippen LogP contribution in [-0.4, -0.2) is 17.6 Å². The Bertz CT molecular complexity index is 723. The summed E-state index contributed by atoms with van der Waals surface area (Å²) >= 11 is 4.51. The third-order valence-electron chi connectivity index (χ3n) is 2.88. The zero-order valence-electron chi connectivity index (χ0n) is 12.2. The summed E-state index contributed by atoms with van der Waals surface area (Å²) in [7, 11) is 0. The van der Waals surface area contributed by atoms with E-state index in [0.29, 0.717) is 4.47 Å². The molecule has 0 saturated heterocycles. The van der Waals surface area contributed by atoms with E-state index in [0.717, 1.165) is 10.5 Å². The van der Waals surface area contributed by atoms with Crippen LogP contribution in [0.4, 0.5) is 4.39 Å². The Kier molecular flexibility index (Phi) is 6.18. The van der Waals surface area contributed by atoms with Crippen LogP contribution in [0.5, 0.6) is 0 Å². The van der Waals surface area contributed by atoms with Crippen molar-refractivity contribution in [1.82, 2.24) is 10.9 Å². The number of amides is 2. The first kappa shape index (κ1) is 17.5. The van der Waals surface area contributed by atoms with Gasteiger partial charge in [-0.3, -0.25) is 20.4 Å². The van der Waals surface area contributed by atoms with E-state index in [2.05, 4.69) is 26.8 Å². The molecule has 4 nitrogen and oxygen atoms in total. The summed E-state index contributed by atoms with van der Waals surface area (Å²) in [5.74, 6) is -1.60. The Balaban J connectivity index is 1.83. The minimum absolute atomic E-state index is 0.143. The molecule has 0 aliphatic carbocycles. The van der Waals surface area contributed by atoms with Gasteiger partial charge in [-0.1, -0.05) is 33.6 Å². The molecule has 0 fully saturated rings. The quantitative estimate of drug-likeness (QED) is 0.614. The fourth-order valence-electron chi connectivity index (χ4n) is 1.68. The monoisotopic (exact) mass is 396 g/mol. The average molecular weight is 397 g/mol. The summed E-state index contributed by atoms with van der Waals surface area (Å²) in [6.45, 7) is 1.98. The van der Waals surface area contributed by atoms with Gasteiger partial charge in [-0.05, 0) is 37.3 Å². The molecule has 120 valence electrons. The van der Waals surface area contributed by atoms with E-state index in [-0.39, 0.29) is 17.2 Å². The second kappa shape index (κ2) is 8.12. The van der Waals surface area contributed by atoms with E-state index in [1.807, 2.05) is 31.2 Å². The van der Waals surface area contributed by atoms with Gasteiger partial charge < -0.3 is 0 Å². The molecule has 2 N–H and O–H groups in total. The molecule has 0 spiro atoms. The summed E-state index contributed by atoms with van der Waals surface area (Å²) in [4.78, 5) is 24.5. The summed E-state index contributed by atoms with van der Waals surface area (Å²) in [5.41, 5.74) is 5.46. The maximum atomic E-state index is 13.5. The molecule has 0 saturated carbocycles. The fraction of sp³-hybridized carbons (Fsp3) is 0.125. The van der Waals surface area contributed by atoms with Crippen LogP contribution in [0.1, 0.15) is 15.9 Å². The zero-order chi connectivity index (χ0) is 16.8. The van der Waals surface area contributed by atoms with Crippen molar-refractivity contribution in [3.8, 4) is 0 Å². The van der Waals surface area contributed by atoms with Gasteiger partial charge in [0, 0.05) is 9.37 Å². The molecular formula is C16H14BrFN2O2S. The topological polar surface area (TPSA) is 58.2 Å². The fourth-order valence-corrected chi connectivity index (χ4v) is 2.74. The van der Waals surface area contributed by atoms with E-state index < -0.39 is 11.7 Å². The number of aryl methyl sites for hydroxylation is 1. The molecule has 0 aliphatic rings. The first-order chi connectivity index (χ1) is 11.0. The molecule has 23 heavy (non-hydrogen) atoms. The van der Waals surface area contributed by atoms with Crippen LogP contribution in [-0.2, 0) is 4.79 Å². The number of hydrazine groups is 1. The lowest BCUT2D eigenvalue weighted by atomic mass is 10.2. The van der Waals surface area contributed by atoms with E-state index in [9.17, 15) is 14.0 Å². The molecule has 0 aliphatic heterocycles. The van der Waals surface area contributed by atoms with Crippen LogP contribution in [0.25, 0.3) is 0 Å². The molecule has 0 aromatic heterocycles. The smallest absolute Gasteiger partial charge is 0.272 e. The van der Waals surface area contributed by atoms with Crippen molar-refractivity contribution in [1.29, 1.82) is 0 Å². The molecule has 2 rings (SSSR count). The molecule has 7 heteroatoms. The van der Waals surface area contributed by atoms with Gasteiger partial charge in [0.15, 0.2) is 0 Å². The largest absolute Gasteiger partial charge is 0.272 e. The number of hydrogen-bond acceptors (Lipinski definition) is 3. The minimum Gasteiger partial charge on any atom is -0.272 e. The number of rotatable bonds is 4. The van der Waals surface area contributed by atoms with Crippen LogP contribution >= 0.6 is 27.7 Å². The summed E-state index contributed by atoms with van der Waals surface area (Å²) in [6.07, 6.45) is 0. The number of nitrogens with one attached hydrogen (secondary N) is 2. The van der Waals surface area contributed by atoms with Gasteiger partial charge in [0.05, 0.1) is 11.3 Å². The SMILES string of the molecule is Cc1ccc(SCC(=O)NNC(=O)c2cc(Br)ccc2F)cc1.